The van der Waals surface area contributed by atoms with Gasteiger partial charge < -0.3 is 15.1 Å². The maximum Gasteiger partial charge on any atom is 0.323 e. The molecule has 6 nitrogen and oxygen atoms in total. The van der Waals surface area contributed by atoms with Crippen LogP contribution in [0.1, 0.15) is 18.9 Å². The lowest BCUT2D eigenvalue weighted by Gasteiger charge is -2.22. The van der Waals surface area contributed by atoms with Crippen molar-refractivity contribution in [1.29, 1.82) is 0 Å². The molecule has 0 bridgehead atoms. The highest BCUT2D eigenvalue weighted by Crippen LogP contribution is 2.07. The Labute approximate surface area is 123 Å². The van der Waals surface area contributed by atoms with Gasteiger partial charge in [-0.05, 0) is 12.0 Å². The van der Waals surface area contributed by atoms with Crippen LogP contribution in [-0.2, 0) is 20.8 Å². The van der Waals surface area contributed by atoms with Gasteiger partial charge in [-0.25, -0.2) is 0 Å². The van der Waals surface area contributed by atoms with Gasteiger partial charge in [0.05, 0.1) is 5.92 Å². The van der Waals surface area contributed by atoms with Crippen LogP contribution in [0.2, 0.25) is 0 Å². The van der Waals surface area contributed by atoms with Crippen molar-refractivity contribution < 1.29 is 24.6 Å². The van der Waals surface area contributed by atoms with Gasteiger partial charge in [-0.15, -0.1) is 0 Å². The molecule has 6 heteroatoms. The Bertz CT molecular complexity index is 500. The summed E-state index contributed by atoms with van der Waals surface area (Å²) in [4.78, 5) is 34.8. The molecule has 1 amide bonds. The van der Waals surface area contributed by atoms with Crippen LogP contribution in [0.3, 0.4) is 0 Å². The van der Waals surface area contributed by atoms with E-state index in [1.54, 1.807) is 0 Å². The number of carboxylic acid groups (broad SMARTS) is 2. The van der Waals surface area contributed by atoms with Crippen molar-refractivity contribution in [2.24, 2.45) is 5.92 Å². The summed E-state index contributed by atoms with van der Waals surface area (Å²) in [5, 5.41) is 17.7. The Kier molecular flexibility index (Phi) is 6.39. The number of aliphatic carboxylic acids is 2. The molecular weight excluding hydrogens is 274 g/mol. The number of aryl methyl sites for hydroxylation is 1. The molecule has 1 aromatic carbocycles. The average Bonchev–Trinajstić information content (AvgIpc) is 2.44. The predicted octanol–water partition coefficient (Wildman–Crippen LogP) is 1.25. The van der Waals surface area contributed by atoms with Gasteiger partial charge >= 0.3 is 11.9 Å². The largest absolute Gasteiger partial charge is 0.481 e. The third-order valence-corrected chi connectivity index (χ3v) is 3.07. The standard InChI is InChI=1S/C15H19NO5/c1-11(15(20)21)9-16(10-14(18)19)13(17)8-7-12-5-3-2-4-6-12/h2-6,11H,7-10H2,1H3,(H,18,19)(H,20,21). The molecule has 1 unspecified atom stereocenters. The molecule has 114 valence electrons. The van der Waals surface area contributed by atoms with Crippen LogP contribution >= 0.6 is 0 Å². The molecule has 1 aromatic rings. The normalized spacial score (nSPS) is 11.7. The lowest BCUT2D eigenvalue weighted by molar-refractivity contribution is -0.148. The summed E-state index contributed by atoms with van der Waals surface area (Å²) >= 11 is 0. The number of rotatable bonds is 8. The third kappa shape index (κ3) is 6.07. The van der Waals surface area contributed by atoms with Crippen molar-refractivity contribution in [3.05, 3.63) is 35.9 Å². The Morgan fingerprint density at radius 3 is 2.29 bits per heavy atom. The number of hydrogen-bond donors (Lipinski definition) is 2. The molecule has 0 fully saturated rings. The second kappa shape index (κ2) is 8.04. The van der Waals surface area contributed by atoms with Crippen molar-refractivity contribution in [2.75, 3.05) is 13.1 Å². The molecule has 0 saturated heterocycles. The summed E-state index contributed by atoms with van der Waals surface area (Å²) < 4.78 is 0. The minimum atomic E-state index is -1.15. The van der Waals surface area contributed by atoms with Gasteiger partial charge in [0.25, 0.3) is 0 Å². The second-order valence-corrected chi connectivity index (χ2v) is 4.89. The fourth-order valence-electron chi connectivity index (χ4n) is 1.88. The summed E-state index contributed by atoms with van der Waals surface area (Å²) in [6.07, 6.45) is 0.654. The first-order valence-electron chi connectivity index (χ1n) is 6.66. The SMILES string of the molecule is CC(CN(CC(=O)O)C(=O)CCc1ccccc1)C(=O)O. The quantitative estimate of drug-likeness (QED) is 0.752. The van der Waals surface area contributed by atoms with E-state index in [0.717, 1.165) is 10.5 Å². The number of carbonyl (C=O) groups is 3. The van der Waals surface area contributed by atoms with Crippen LogP contribution in [-0.4, -0.2) is 46.0 Å². The highest BCUT2D eigenvalue weighted by molar-refractivity contribution is 5.82. The minimum Gasteiger partial charge on any atom is -0.481 e. The van der Waals surface area contributed by atoms with Crippen molar-refractivity contribution in [3.63, 3.8) is 0 Å². The number of amides is 1. The molecule has 2 N–H and O–H groups in total. The van der Waals surface area contributed by atoms with E-state index in [4.69, 9.17) is 10.2 Å². The zero-order valence-corrected chi connectivity index (χ0v) is 11.9. The predicted molar refractivity (Wildman–Crippen MR) is 75.8 cm³/mol. The Balaban J connectivity index is 2.62. The molecule has 0 spiro atoms. The van der Waals surface area contributed by atoms with E-state index in [9.17, 15) is 14.4 Å². The maximum atomic E-state index is 12.1. The smallest absolute Gasteiger partial charge is 0.323 e. The van der Waals surface area contributed by atoms with Crippen LogP contribution in [0.15, 0.2) is 30.3 Å². The molecule has 1 rings (SSSR count). The van der Waals surface area contributed by atoms with E-state index in [-0.39, 0.29) is 18.9 Å². The summed E-state index contributed by atoms with van der Waals surface area (Å²) in [5.74, 6) is -3.36. The van der Waals surface area contributed by atoms with Gasteiger partial charge in [-0.3, -0.25) is 14.4 Å². The topological polar surface area (TPSA) is 94.9 Å². The number of carbonyl (C=O) groups excluding carboxylic acids is 1. The number of hydrogen-bond acceptors (Lipinski definition) is 3. The monoisotopic (exact) mass is 293 g/mol. The Morgan fingerprint density at radius 2 is 1.76 bits per heavy atom. The minimum absolute atomic E-state index is 0.102. The zero-order chi connectivity index (χ0) is 15.8. The van der Waals surface area contributed by atoms with Crippen molar-refractivity contribution in [1.82, 2.24) is 4.90 Å². The molecule has 0 aliphatic heterocycles. The highest BCUT2D eigenvalue weighted by atomic mass is 16.4. The number of nitrogens with zero attached hydrogens (tertiary/aromatic N) is 1. The van der Waals surface area contributed by atoms with Crippen LogP contribution in [0.25, 0.3) is 0 Å². The van der Waals surface area contributed by atoms with Crippen LogP contribution < -0.4 is 0 Å². The van der Waals surface area contributed by atoms with E-state index in [1.807, 2.05) is 30.3 Å². The summed E-state index contributed by atoms with van der Waals surface area (Å²) in [5.41, 5.74) is 0.979. The molecular formula is C15H19NO5. The third-order valence-electron chi connectivity index (χ3n) is 3.07. The van der Waals surface area contributed by atoms with Gasteiger partial charge in [0, 0.05) is 13.0 Å². The molecule has 0 aliphatic carbocycles. The molecule has 0 heterocycles. The fraction of sp³-hybridized carbons (Fsp3) is 0.400. The summed E-state index contributed by atoms with van der Waals surface area (Å²) in [6, 6.07) is 9.36. The first-order valence-corrected chi connectivity index (χ1v) is 6.66. The fourth-order valence-corrected chi connectivity index (χ4v) is 1.88. The number of benzene rings is 1. The van der Waals surface area contributed by atoms with E-state index in [0.29, 0.717) is 6.42 Å². The van der Waals surface area contributed by atoms with Crippen molar-refractivity contribution in [3.8, 4) is 0 Å². The lowest BCUT2D eigenvalue weighted by atomic mass is 10.1. The summed E-state index contributed by atoms with van der Waals surface area (Å²) in [7, 11) is 0. The highest BCUT2D eigenvalue weighted by Gasteiger charge is 2.22. The van der Waals surface area contributed by atoms with Crippen molar-refractivity contribution >= 4 is 17.8 Å². The summed E-state index contributed by atoms with van der Waals surface area (Å²) in [6.45, 7) is 0.863. The van der Waals surface area contributed by atoms with Gasteiger partial charge in [0.1, 0.15) is 6.54 Å². The average molecular weight is 293 g/mol. The maximum absolute atomic E-state index is 12.1. The Morgan fingerprint density at radius 1 is 1.14 bits per heavy atom. The van der Waals surface area contributed by atoms with Gasteiger partial charge in [-0.1, -0.05) is 37.3 Å². The van der Waals surface area contributed by atoms with Gasteiger partial charge in [0.2, 0.25) is 5.91 Å². The number of carboxylic acids is 2. The lowest BCUT2D eigenvalue weighted by Crippen LogP contribution is -2.40. The molecule has 0 radical (unpaired) electrons. The molecule has 1 atom stereocenters. The molecule has 21 heavy (non-hydrogen) atoms. The van der Waals surface area contributed by atoms with E-state index < -0.39 is 24.4 Å². The van der Waals surface area contributed by atoms with Crippen LogP contribution in [0.5, 0.6) is 0 Å². The van der Waals surface area contributed by atoms with E-state index in [1.165, 1.54) is 6.92 Å². The van der Waals surface area contributed by atoms with E-state index >= 15 is 0 Å². The van der Waals surface area contributed by atoms with Gasteiger partial charge in [0.15, 0.2) is 0 Å². The molecule has 0 aromatic heterocycles. The molecule has 0 aliphatic rings. The van der Waals surface area contributed by atoms with Gasteiger partial charge in [-0.2, -0.15) is 0 Å². The first-order chi connectivity index (χ1) is 9.90. The van der Waals surface area contributed by atoms with Crippen LogP contribution in [0, 0.1) is 5.92 Å². The molecule has 0 saturated carbocycles. The Hall–Kier alpha value is -2.37. The van der Waals surface area contributed by atoms with E-state index in [2.05, 4.69) is 0 Å². The zero-order valence-electron chi connectivity index (χ0n) is 11.9. The van der Waals surface area contributed by atoms with Crippen LogP contribution in [0.4, 0.5) is 0 Å². The van der Waals surface area contributed by atoms with Crippen molar-refractivity contribution in [2.45, 2.75) is 19.8 Å². The second-order valence-electron chi connectivity index (χ2n) is 4.89. The first kappa shape index (κ1) is 16.7.